The SMILES string of the molecule is N=C(N)c1ccc(CC(=O)NCCC(=O)NCCC(=O)O)cc1. The minimum absolute atomic E-state index is 0.0325. The highest BCUT2D eigenvalue weighted by Crippen LogP contribution is 2.04. The molecule has 8 nitrogen and oxygen atoms in total. The van der Waals surface area contributed by atoms with Crippen LogP contribution in [0, 0.1) is 5.41 Å². The number of aliphatic carboxylic acids is 1. The lowest BCUT2D eigenvalue weighted by Gasteiger charge is -2.06. The van der Waals surface area contributed by atoms with Gasteiger partial charge in [-0.05, 0) is 5.56 Å². The number of hydrogen-bond donors (Lipinski definition) is 5. The van der Waals surface area contributed by atoms with Gasteiger partial charge in [-0.15, -0.1) is 0 Å². The molecule has 0 atom stereocenters. The molecule has 0 aromatic heterocycles. The molecule has 0 unspecified atom stereocenters. The van der Waals surface area contributed by atoms with E-state index in [1.807, 2.05) is 0 Å². The van der Waals surface area contributed by atoms with Crippen molar-refractivity contribution in [1.29, 1.82) is 5.41 Å². The first kappa shape index (κ1) is 18.1. The summed E-state index contributed by atoms with van der Waals surface area (Å²) in [5.41, 5.74) is 6.71. The lowest BCUT2D eigenvalue weighted by atomic mass is 10.1. The largest absolute Gasteiger partial charge is 0.481 e. The average Bonchev–Trinajstić information content (AvgIpc) is 2.47. The second-order valence-electron chi connectivity index (χ2n) is 4.88. The quantitative estimate of drug-likeness (QED) is 0.311. The average molecular weight is 320 g/mol. The van der Waals surface area contributed by atoms with Crippen LogP contribution in [0.5, 0.6) is 0 Å². The van der Waals surface area contributed by atoms with Crippen LogP contribution in [0.4, 0.5) is 0 Å². The van der Waals surface area contributed by atoms with Gasteiger partial charge in [0.05, 0.1) is 12.8 Å². The monoisotopic (exact) mass is 320 g/mol. The van der Waals surface area contributed by atoms with Crippen molar-refractivity contribution in [2.24, 2.45) is 5.73 Å². The first-order valence-corrected chi connectivity index (χ1v) is 7.07. The number of carbonyl (C=O) groups is 3. The molecule has 0 fully saturated rings. The van der Waals surface area contributed by atoms with Crippen LogP contribution in [-0.4, -0.2) is 41.8 Å². The van der Waals surface area contributed by atoms with Crippen LogP contribution >= 0.6 is 0 Å². The predicted octanol–water partition coefficient (Wildman–Crippen LogP) is -0.390. The fourth-order valence-electron chi connectivity index (χ4n) is 1.76. The van der Waals surface area contributed by atoms with Crippen LogP contribution in [0.15, 0.2) is 24.3 Å². The molecule has 2 amide bonds. The number of amides is 2. The lowest BCUT2D eigenvalue weighted by Crippen LogP contribution is -2.32. The highest BCUT2D eigenvalue weighted by atomic mass is 16.4. The normalized spacial score (nSPS) is 9.91. The Morgan fingerprint density at radius 1 is 1.00 bits per heavy atom. The first-order valence-electron chi connectivity index (χ1n) is 7.07. The predicted molar refractivity (Wildman–Crippen MR) is 84.1 cm³/mol. The number of rotatable bonds is 9. The molecule has 1 rings (SSSR count). The maximum absolute atomic E-state index is 11.7. The maximum Gasteiger partial charge on any atom is 0.305 e. The molecule has 0 spiro atoms. The van der Waals surface area contributed by atoms with Gasteiger partial charge in [0.1, 0.15) is 5.84 Å². The van der Waals surface area contributed by atoms with Crippen LogP contribution in [0.2, 0.25) is 0 Å². The van der Waals surface area contributed by atoms with E-state index in [0.717, 1.165) is 5.56 Å². The molecule has 0 saturated carbocycles. The van der Waals surface area contributed by atoms with Crippen molar-refractivity contribution in [2.45, 2.75) is 19.3 Å². The van der Waals surface area contributed by atoms with E-state index in [2.05, 4.69) is 10.6 Å². The van der Waals surface area contributed by atoms with Gasteiger partial charge in [-0.2, -0.15) is 0 Å². The Morgan fingerprint density at radius 3 is 2.13 bits per heavy atom. The zero-order valence-corrected chi connectivity index (χ0v) is 12.6. The molecule has 0 bridgehead atoms. The zero-order valence-electron chi connectivity index (χ0n) is 12.6. The standard InChI is InChI=1S/C15H20N4O4/c16-15(17)11-3-1-10(2-4-11)9-13(21)19-7-5-12(20)18-8-6-14(22)23/h1-4H,5-9H2,(H3,16,17)(H,18,20)(H,19,21)(H,22,23). The summed E-state index contributed by atoms with van der Waals surface area (Å²) < 4.78 is 0. The number of hydrogen-bond acceptors (Lipinski definition) is 4. The second kappa shape index (κ2) is 9.19. The summed E-state index contributed by atoms with van der Waals surface area (Å²) >= 11 is 0. The van der Waals surface area contributed by atoms with Crippen molar-refractivity contribution in [3.05, 3.63) is 35.4 Å². The van der Waals surface area contributed by atoms with Crippen molar-refractivity contribution in [1.82, 2.24) is 10.6 Å². The number of nitrogen functional groups attached to an aromatic ring is 1. The number of carbonyl (C=O) groups excluding carboxylic acids is 2. The fourth-order valence-corrected chi connectivity index (χ4v) is 1.76. The van der Waals surface area contributed by atoms with Crippen molar-refractivity contribution < 1.29 is 19.5 Å². The van der Waals surface area contributed by atoms with Gasteiger partial charge in [0.15, 0.2) is 0 Å². The topological polar surface area (TPSA) is 145 Å². The van der Waals surface area contributed by atoms with Crippen molar-refractivity contribution in [3.63, 3.8) is 0 Å². The summed E-state index contributed by atoms with van der Waals surface area (Å²) in [5.74, 6) is -1.54. The van der Waals surface area contributed by atoms with Gasteiger partial charge in [0.25, 0.3) is 0 Å². The van der Waals surface area contributed by atoms with Crippen molar-refractivity contribution in [3.8, 4) is 0 Å². The summed E-state index contributed by atoms with van der Waals surface area (Å²) in [6, 6.07) is 6.77. The third-order valence-corrected chi connectivity index (χ3v) is 2.96. The van der Waals surface area contributed by atoms with E-state index < -0.39 is 5.97 Å². The summed E-state index contributed by atoms with van der Waals surface area (Å²) in [6.07, 6.45) is 0.127. The Morgan fingerprint density at radius 2 is 1.57 bits per heavy atom. The molecule has 1 aromatic carbocycles. The van der Waals surface area contributed by atoms with Gasteiger partial charge >= 0.3 is 5.97 Å². The first-order chi connectivity index (χ1) is 10.9. The third-order valence-electron chi connectivity index (χ3n) is 2.96. The fraction of sp³-hybridized carbons (Fsp3) is 0.333. The molecular weight excluding hydrogens is 300 g/mol. The Labute approximate surface area is 133 Å². The summed E-state index contributed by atoms with van der Waals surface area (Å²) in [7, 11) is 0. The Kier molecular flexibility index (Phi) is 7.25. The van der Waals surface area contributed by atoms with Gasteiger partial charge < -0.3 is 21.5 Å². The number of benzene rings is 1. The van der Waals surface area contributed by atoms with E-state index in [9.17, 15) is 14.4 Å². The summed E-state index contributed by atoms with van der Waals surface area (Å²) in [6.45, 7) is 0.258. The van der Waals surface area contributed by atoms with Crippen molar-refractivity contribution in [2.75, 3.05) is 13.1 Å². The van der Waals surface area contributed by atoms with E-state index in [4.69, 9.17) is 16.2 Å². The number of carboxylic acid groups (broad SMARTS) is 1. The Balaban J connectivity index is 2.25. The molecular formula is C15H20N4O4. The molecule has 0 saturated heterocycles. The summed E-state index contributed by atoms with van der Waals surface area (Å²) in [5, 5.41) is 20.8. The van der Waals surface area contributed by atoms with Gasteiger partial charge in [0.2, 0.25) is 11.8 Å². The summed E-state index contributed by atoms with van der Waals surface area (Å²) in [4.78, 5) is 33.4. The minimum atomic E-state index is -0.977. The number of nitrogens with two attached hydrogens (primary N) is 1. The molecule has 0 aliphatic heterocycles. The zero-order chi connectivity index (χ0) is 17.2. The number of amidine groups is 1. The van der Waals surface area contributed by atoms with Crippen LogP contribution in [-0.2, 0) is 20.8 Å². The highest BCUT2D eigenvalue weighted by Gasteiger charge is 2.06. The maximum atomic E-state index is 11.7. The number of carboxylic acids is 1. The van der Waals surface area contributed by atoms with Gasteiger partial charge in [-0.25, -0.2) is 0 Å². The highest BCUT2D eigenvalue weighted by molar-refractivity contribution is 5.95. The lowest BCUT2D eigenvalue weighted by molar-refractivity contribution is -0.137. The number of nitrogens with one attached hydrogen (secondary N) is 3. The van der Waals surface area contributed by atoms with E-state index in [1.54, 1.807) is 24.3 Å². The molecule has 0 aliphatic rings. The molecule has 0 radical (unpaired) electrons. The molecule has 1 aromatic rings. The second-order valence-corrected chi connectivity index (χ2v) is 4.88. The Bertz CT molecular complexity index is 584. The van der Waals surface area contributed by atoms with Gasteiger partial charge in [-0.3, -0.25) is 19.8 Å². The van der Waals surface area contributed by atoms with Gasteiger partial charge in [-0.1, -0.05) is 24.3 Å². The molecule has 124 valence electrons. The molecule has 0 heterocycles. The smallest absolute Gasteiger partial charge is 0.305 e. The van der Waals surface area contributed by atoms with E-state index in [-0.39, 0.29) is 50.0 Å². The van der Waals surface area contributed by atoms with E-state index in [0.29, 0.717) is 5.56 Å². The van der Waals surface area contributed by atoms with Crippen LogP contribution in [0.3, 0.4) is 0 Å². The van der Waals surface area contributed by atoms with Crippen LogP contribution in [0.1, 0.15) is 24.0 Å². The van der Waals surface area contributed by atoms with E-state index >= 15 is 0 Å². The van der Waals surface area contributed by atoms with Crippen molar-refractivity contribution >= 4 is 23.6 Å². The molecule has 8 heteroatoms. The van der Waals surface area contributed by atoms with Crippen LogP contribution < -0.4 is 16.4 Å². The molecule has 23 heavy (non-hydrogen) atoms. The minimum Gasteiger partial charge on any atom is -0.481 e. The van der Waals surface area contributed by atoms with Gasteiger partial charge in [0, 0.05) is 25.1 Å². The molecule has 0 aliphatic carbocycles. The Hall–Kier alpha value is -2.90. The third kappa shape index (κ3) is 7.60. The van der Waals surface area contributed by atoms with Crippen LogP contribution in [0.25, 0.3) is 0 Å². The molecule has 6 N–H and O–H groups in total. The van der Waals surface area contributed by atoms with E-state index in [1.165, 1.54) is 0 Å².